The summed E-state index contributed by atoms with van der Waals surface area (Å²) < 4.78 is 11.0. The molecule has 1 saturated heterocycles. The van der Waals surface area contributed by atoms with Crippen molar-refractivity contribution in [3.05, 3.63) is 24.0 Å². The molecule has 1 aliphatic heterocycles. The molecule has 1 fully saturated rings. The second kappa shape index (κ2) is 8.19. The molecule has 2 rings (SSSR count). The molecule has 2 heterocycles. The maximum Gasteiger partial charge on any atom is 0.137 e. The van der Waals surface area contributed by atoms with Crippen LogP contribution < -0.4 is 10.5 Å². The van der Waals surface area contributed by atoms with Gasteiger partial charge in [0.05, 0.1) is 19.4 Å². The highest BCUT2D eigenvalue weighted by molar-refractivity contribution is 5.20. The Morgan fingerprint density at radius 2 is 2.20 bits per heavy atom. The van der Waals surface area contributed by atoms with Crippen LogP contribution in [0, 0.1) is 0 Å². The van der Waals surface area contributed by atoms with Crippen LogP contribution in [-0.4, -0.2) is 55.4 Å². The van der Waals surface area contributed by atoms with Gasteiger partial charge in [0.25, 0.3) is 0 Å². The van der Waals surface area contributed by atoms with Crippen LogP contribution in [-0.2, 0) is 11.2 Å². The summed E-state index contributed by atoms with van der Waals surface area (Å²) in [6.45, 7) is 7.36. The summed E-state index contributed by atoms with van der Waals surface area (Å²) in [4.78, 5) is 6.75. The Labute approximate surface area is 121 Å². The maximum absolute atomic E-state index is 5.92. The first-order valence-electron chi connectivity index (χ1n) is 7.41. The molecule has 5 heteroatoms. The lowest BCUT2D eigenvalue weighted by Gasteiger charge is -2.26. The Kier molecular flexibility index (Phi) is 6.24. The average Bonchev–Trinajstić information content (AvgIpc) is 2.50. The average molecular weight is 279 g/mol. The van der Waals surface area contributed by atoms with E-state index in [0.29, 0.717) is 6.61 Å². The minimum atomic E-state index is 0.190. The van der Waals surface area contributed by atoms with Crippen LogP contribution in [0.1, 0.15) is 19.0 Å². The van der Waals surface area contributed by atoms with Crippen molar-refractivity contribution in [3.63, 3.8) is 0 Å². The van der Waals surface area contributed by atoms with E-state index in [0.717, 1.165) is 57.1 Å². The van der Waals surface area contributed by atoms with Crippen molar-refractivity contribution in [2.24, 2.45) is 5.73 Å². The van der Waals surface area contributed by atoms with Crippen molar-refractivity contribution in [3.8, 4) is 5.75 Å². The monoisotopic (exact) mass is 279 g/mol. The molecule has 1 atom stereocenters. The van der Waals surface area contributed by atoms with E-state index in [2.05, 4.69) is 16.8 Å². The maximum atomic E-state index is 5.92. The van der Waals surface area contributed by atoms with Crippen LogP contribution in [0.15, 0.2) is 18.3 Å². The molecule has 0 radical (unpaired) electrons. The third-order valence-electron chi connectivity index (χ3n) is 3.57. The van der Waals surface area contributed by atoms with Gasteiger partial charge in [-0.2, -0.15) is 0 Å². The predicted molar refractivity (Wildman–Crippen MR) is 79.0 cm³/mol. The number of ether oxygens (including phenoxy) is 2. The summed E-state index contributed by atoms with van der Waals surface area (Å²) in [6, 6.07) is 4.17. The van der Waals surface area contributed by atoms with Crippen LogP contribution in [0.25, 0.3) is 0 Å². The molecule has 0 bridgehead atoms. The first-order chi connectivity index (χ1) is 9.78. The van der Waals surface area contributed by atoms with Gasteiger partial charge in [0, 0.05) is 37.8 Å². The Bertz CT molecular complexity index is 377. The van der Waals surface area contributed by atoms with Gasteiger partial charge in [-0.1, -0.05) is 6.92 Å². The molecule has 1 aromatic rings. The van der Waals surface area contributed by atoms with Gasteiger partial charge in [-0.15, -0.1) is 0 Å². The van der Waals surface area contributed by atoms with Crippen molar-refractivity contribution in [2.75, 3.05) is 39.5 Å². The van der Waals surface area contributed by atoms with Crippen molar-refractivity contribution in [1.82, 2.24) is 9.88 Å². The number of rotatable bonds is 7. The summed E-state index contributed by atoms with van der Waals surface area (Å²) in [6.07, 6.45) is 3.58. The molecule has 2 N–H and O–H groups in total. The fourth-order valence-electron chi connectivity index (χ4n) is 2.15. The summed E-state index contributed by atoms with van der Waals surface area (Å²) in [7, 11) is 0. The predicted octanol–water partition coefficient (Wildman–Crippen LogP) is 1.07. The van der Waals surface area contributed by atoms with Gasteiger partial charge in [-0.3, -0.25) is 9.88 Å². The van der Waals surface area contributed by atoms with Crippen molar-refractivity contribution in [2.45, 2.75) is 25.8 Å². The summed E-state index contributed by atoms with van der Waals surface area (Å²) in [5, 5.41) is 0. The second-order valence-corrected chi connectivity index (χ2v) is 5.16. The Balaban J connectivity index is 1.70. The van der Waals surface area contributed by atoms with Gasteiger partial charge in [0.2, 0.25) is 0 Å². The number of morpholine rings is 1. The molecule has 20 heavy (non-hydrogen) atoms. The molecule has 5 nitrogen and oxygen atoms in total. The molecule has 112 valence electrons. The standard InChI is InChI=1S/C15H25N3O2/c1-2-13(16)11-14-3-4-15(12-17-14)20-10-7-18-5-8-19-9-6-18/h3-4,12-13H,2,5-11,16H2,1H3. The molecule has 0 aromatic carbocycles. The largest absolute Gasteiger partial charge is 0.491 e. The highest BCUT2D eigenvalue weighted by atomic mass is 16.5. The molecular weight excluding hydrogens is 254 g/mol. The number of hydrogen-bond acceptors (Lipinski definition) is 5. The molecule has 1 aromatic heterocycles. The molecule has 0 saturated carbocycles. The Hall–Kier alpha value is -1.17. The zero-order chi connectivity index (χ0) is 14.2. The van der Waals surface area contributed by atoms with Gasteiger partial charge in [-0.05, 0) is 18.6 Å². The summed E-state index contributed by atoms with van der Waals surface area (Å²) >= 11 is 0. The van der Waals surface area contributed by atoms with Crippen molar-refractivity contribution >= 4 is 0 Å². The summed E-state index contributed by atoms with van der Waals surface area (Å²) in [5.41, 5.74) is 6.95. The van der Waals surface area contributed by atoms with Crippen LogP contribution in [0.5, 0.6) is 5.75 Å². The Morgan fingerprint density at radius 3 is 2.85 bits per heavy atom. The smallest absolute Gasteiger partial charge is 0.137 e. The van der Waals surface area contributed by atoms with E-state index in [4.69, 9.17) is 15.2 Å². The van der Waals surface area contributed by atoms with Gasteiger partial charge in [-0.25, -0.2) is 0 Å². The van der Waals surface area contributed by atoms with Gasteiger partial charge >= 0.3 is 0 Å². The topological polar surface area (TPSA) is 60.6 Å². The molecule has 0 aliphatic carbocycles. The normalized spacial score (nSPS) is 17.9. The zero-order valence-electron chi connectivity index (χ0n) is 12.3. The lowest BCUT2D eigenvalue weighted by atomic mass is 10.1. The molecule has 1 unspecified atom stereocenters. The van der Waals surface area contributed by atoms with Crippen LogP contribution in [0.2, 0.25) is 0 Å². The van der Waals surface area contributed by atoms with E-state index in [1.54, 1.807) is 6.20 Å². The number of nitrogens with zero attached hydrogens (tertiary/aromatic N) is 2. The third kappa shape index (κ3) is 5.07. The minimum Gasteiger partial charge on any atom is -0.491 e. The lowest BCUT2D eigenvalue weighted by molar-refractivity contribution is 0.0322. The van der Waals surface area contributed by atoms with Crippen LogP contribution >= 0.6 is 0 Å². The van der Waals surface area contributed by atoms with Gasteiger partial charge < -0.3 is 15.2 Å². The first kappa shape index (κ1) is 15.2. The second-order valence-electron chi connectivity index (χ2n) is 5.16. The van der Waals surface area contributed by atoms with E-state index in [-0.39, 0.29) is 6.04 Å². The molecule has 0 amide bonds. The van der Waals surface area contributed by atoms with E-state index in [9.17, 15) is 0 Å². The minimum absolute atomic E-state index is 0.190. The fourth-order valence-corrected chi connectivity index (χ4v) is 2.15. The zero-order valence-corrected chi connectivity index (χ0v) is 12.3. The van der Waals surface area contributed by atoms with Crippen molar-refractivity contribution < 1.29 is 9.47 Å². The number of nitrogens with two attached hydrogens (primary N) is 1. The molecular formula is C15H25N3O2. The van der Waals surface area contributed by atoms with Gasteiger partial charge in [0.1, 0.15) is 12.4 Å². The quantitative estimate of drug-likeness (QED) is 0.809. The van der Waals surface area contributed by atoms with E-state index >= 15 is 0 Å². The highest BCUT2D eigenvalue weighted by Crippen LogP contribution is 2.11. The van der Waals surface area contributed by atoms with E-state index < -0.39 is 0 Å². The SMILES string of the molecule is CCC(N)Cc1ccc(OCCN2CCOCC2)cn1. The Morgan fingerprint density at radius 1 is 1.40 bits per heavy atom. The highest BCUT2D eigenvalue weighted by Gasteiger charge is 2.09. The third-order valence-corrected chi connectivity index (χ3v) is 3.57. The van der Waals surface area contributed by atoms with Crippen molar-refractivity contribution in [1.29, 1.82) is 0 Å². The lowest BCUT2D eigenvalue weighted by Crippen LogP contribution is -2.38. The number of hydrogen-bond donors (Lipinski definition) is 1. The van der Waals surface area contributed by atoms with Crippen LogP contribution in [0.4, 0.5) is 0 Å². The number of aromatic nitrogens is 1. The number of pyridine rings is 1. The molecule has 0 spiro atoms. The molecule has 1 aliphatic rings. The van der Waals surface area contributed by atoms with E-state index in [1.807, 2.05) is 12.1 Å². The van der Waals surface area contributed by atoms with Crippen LogP contribution in [0.3, 0.4) is 0 Å². The first-order valence-corrected chi connectivity index (χ1v) is 7.41. The van der Waals surface area contributed by atoms with E-state index in [1.165, 1.54) is 0 Å². The summed E-state index contributed by atoms with van der Waals surface area (Å²) in [5.74, 6) is 0.826. The fraction of sp³-hybridized carbons (Fsp3) is 0.667. The van der Waals surface area contributed by atoms with Gasteiger partial charge in [0.15, 0.2) is 0 Å².